The van der Waals surface area contributed by atoms with Gasteiger partial charge in [-0.25, -0.2) is 24.0 Å². The van der Waals surface area contributed by atoms with Crippen molar-refractivity contribution >= 4 is 30.2 Å². The molecule has 23 nitrogen and oxygen atoms in total. The second kappa shape index (κ2) is 31.8. The summed E-state index contributed by atoms with van der Waals surface area (Å²) < 4.78 is 0. The molecule has 1 unspecified atom stereocenters. The molecule has 0 radical (unpaired) electrons. The summed E-state index contributed by atoms with van der Waals surface area (Å²) in [6.45, 7) is 17.9. The van der Waals surface area contributed by atoms with E-state index < -0.39 is 0 Å². The summed E-state index contributed by atoms with van der Waals surface area (Å²) in [7, 11) is 0. The fourth-order valence-corrected chi connectivity index (χ4v) is 7.80. The molecule has 360 valence electrons. The van der Waals surface area contributed by atoms with Gasteiger partial charge in [-0.15, -0.1) is 0 Å². The van der Waals surface area contributed by atoms with Crippen LogP contribution in [-0.4, -0.2) is 250 Å². The normalized spacial score (nSPS) is 19.0. The molecule has 23 heteroatoms. The topological polar surface area (TPSA) is 335 Å². The van der Waals surface area contributed by atoms with Crippen LogP contribution in [0.2, 0.25) is 0 Å². The van der Waals surface area contributed by atoms with Gasteiger partial charge in [0.05, 0.1) is 6.04 Å². The van der Waals surface area contributed by atoms with Crippen molar-refractivity contribution < 1.29 is 24.0 Å². The van der Waals surface area contributed by atoms with E-state index in [9.17, 15) is 24.0 Å². The Labute approximate surface area is 370 Å². The Morgan fingerprint density at radius 1 is 0.371 bits per heavy atom. The third-order valence-electron chi connectivity index (χ3n) is 11.3. The number of unbranched alkanes of at least 4 members (excludes halogenated alkanes) is 4. The first-order valence-electron chi connectivity index (χ1n) is 22.9. The fraction of sp³-hybridized carbons (Fsp3) is 0.872. The first kappa shape index (κ1) is 54.2. The van der Waals surface area contributed by atoms with Crippen LogP contribution in [0.5, 0.6) is 0 Å². The highest BCUT2D eigenvalue weighted by molar-refractivity contribution is 5.78. The molecule has 62 heavy (non-hydrogen) atoms. The molecule has 0 saturated carbocycles. The van der Waals surface area contributed by atoms with Gasteiger partial charge in [-0.05, 0) is 45.1 Å². The number of nitrogens with zero attached hydrogens (tertiary/aromatic N) is 9. The third-order valence-corrected chi connectivity index (χ3v) is 11.3. The average molecular weight is 885 g/mol. The van der Waals surface area contributed by atoms with Crippen LogP contribution in [0.3, 0.4) is 0 Å². The molecular formula is C39H84N18O5. The highest BCUT2D eigenvalue weighted by Crippen LogP contribution is 2.13. The first-order chi connectivity index (χ1) is 30.0. The average Bonchev–Trinajstić information content (AvgIpc) is 4.02. The number of rotatable bonds is 24. The number of amides is 10. The molecule has 5 heterocycles. The van der Waals surface area contributed by atoms with E-state index in [2.05, 4.69) is 5.32 Å². The lowest BCUT2D eigenvalue weighted by molar-refractivity contribution is 0.132. The third kappa shape index (κ3) is 18.4. The van der Waals surface area contributed by atoms with Gasteiger partial charge in [0.25, 0.3) is 0 Å². The van der Waals surface area contributed by atoms with Gasteiger partial charge in [-0.2, -0.15) is 0 Å². The van der Waals surface area contributed by atoms with Crippen molar-refractivity contribution in [3.8, 4) is 0 Å². The Morgan fingerprint density at radius 2 is 0.677 bits per heavy atom. The number of nitrogens with one attached hydrogen (secondary N) is 1. The molecule has 0 aliphatic carbocycles. The SMILES string of the molecule is NCCCCCN1CCN(CCN)C1=O.NCCN1C(=O)NCC1CN.NCCN1CCCN(CCN)C1=O.NCCN1CCN(CCCCCN2CCN(CCN)C2=O)C1=O. The Hall–Kier alpha value is -3.97. The highest BCUT2D eigenvalue weighted by atomic mass is 16.2. The summed E-state index contributed by atoms with van der Waals surface area (Å²) in [5.74, 6) is 0. The van der Waals surface area contributed by atoms with Crippen LogP contribution >= 0.6 is 0 Å². The number of hydrogen-bond donors (Lipinski definition) is 9. The smallest absolute Gasteiger partial charge is 0.320 e. The van der Waals surface area contributed by atoms with E-state index in [1.807, 2.05) is 29.4 Å². The maximum absolute atomic E-state index is 12.0. The largest absolute Gasteiger partial charge is 0.336 e. The lowest BCUT2D eigenvalue weighted by Crippen LogP contribution is -2.51. The van der Waals surface area contributed by atoms with Gasteiger partial charge >= 0.3 is 30.2 Å². The van der Waals surface area contributed by atoms with E-state index in [1.165, 1.54) is 0 Å². The van der Waals surface area contributed by atoms with Gasteiger partial charge in [0, 0.05) is 164 Å². The predicted molar refractivity (Wildman–Crippen MR) is 243 cm³/mol. The van der Waals surface area contributed by atoms with Crippen LogP contribution in [0.25, 0.3) is 0 Å². The number of hydrogen-bond acceptors (Lipinski definition) is 13. The van der Waals surface area contributed by atoms with Crippen molar-refractivity contribution in [2.75, 3.05) is 170 Å². The molecule has 0 aromatic heterocycles. The Morgan fingerprint density at radius 3 is 0.984 bits per heavy atom. The summed E-state index contributed by atoms with van der Waals surface area (Å²) >= 11 is 0. The van der Waals surface area contributed by atoms with E-state index in [-0.39, 0.29) is 36.2 Å². The van der Waals surface area contributed by atoms with Crippen LogP contribution in [0, 0.1) is 0 Å². The number of nitrogens with two attached hydrogens (primary N) is 8. The second-order valence-corrected chi connectivity index (χ2v) is 15.8. The van der Waals surface area contributed by atoms with Gasteiger partial charge in [-0.3, -0.25) is 0 Å². The number of carbonyl (C=O) groups is 5. The van der Waals surface area contributed by atoms with E-state index >= 15 is 0 Å². The molecule has 5 fully saturated rings. The van der Waals surface area contributed by atoms with Crippen molar-refractivity contribution in [2.24, 2.45) is 45.9 Å². The monoisotopic (exact) mass is 885 g/mol. The van der Waals surface area contributed by atoms with Crippen LogP contribution in [-0.2, 0) is 0 Å². The molecule has 1 atom stereocenters. The lowest BCUT2D eigenvalue weighted by Gasteiger charge is -2.35. The van der Waals surface area contributed by atoms with Crippen molar-refractivity contribution in [2.45, 2.75) is 51.0 Å². The van der Waals surface area contributed by atoms with Gasteiger partial charge in [0.15, 0.2) is 0 Å². The second-order valence-electron chi connectivity index (χ2n) is 15.8. The molecular weight excluding hydrogens is 801 g/mol. The number of urea groups is 5. The van der Waals surface area contributed by atoms with E-state index in [0.29, 0.717) is 91.6 Å². The molecule has 0 bridgehead atoms. The molecule has 17 N–H and O–H groups in total. The zero-order chi connectivity index (χ0) is 45.7. The van der Waals surface area contributed by atoms with Crippen molar-refractivity contribution in [3.05, 3.63) is 0 Å². The van der Waals surface area contributed by atoms with E-state index in [0.717, 1.165) is 123 Å². The van der Waals surface area contributed by atoms with Crippen molar-refractivity contribution in [3.63, 3.8) is 0 Å². The molecule has 5 aliphatic heterocycles. The van der Waals surface area contributed by atoms with Crippen LogP contribution < -0.4 is 51.2 Å². The summed E-state index contributed by atoms with van der Waals surface area (Å²) in [5.41, 5.74) is 43.4. The minimum Gasteiger partial charge on any atom is -0.336 e. The summed E-state index contributed by atoms with van der Waals surface area (Å²) in [5, 5.41) is 2.71. The molecule has 0 aromatic carbocycles. The standard InChI is InChI=1S/C15H30N6O2.C10H22N4O.C8H18N4O.C6H14N4O/c16-4-8-20-12-10-18(14(20)22)6-2-1-3-7-19-11-13-21(9-5-17)15(19)23;11-4-2-1-3-6-13-8-9-14(7-5-12)10(13)15;9-2-6-11-4-1-5-12(7-3-10)8(11)13;7-1-2-10-5(3-8)4-9-6(10)11/h1-13,16-17H2;1-9,11-12H2;1-7,9-10H2;5H,1-4,7-8H2,(H,9,11). The molecule has 0 aromatic rings. The van der Waals surface area contributed by atoms with Gasteiger partial charge in [0.1, 0.15) is 0 Å². The van der Waals surface area contributed by atoms with Crippen molar-refractivity contribution in [1.29, 1.82) is 0 Å². The van der Waals surface area contributed by atoms with E-state index in [1.54, 1.807) is 14.7 Å². The molecule has 5 saturated heterocycles. The van der Waals surface area contributed by atoms with Gasteiger partial charge < -0.3 is 95.3 Å². The first-order valence-corrected chi connectivity index (χ1v) is 22.9. The Balaban J connectivity index is 0.000000297. The molecule has 0 spiro atoms. The highest BCUT2D eigenvalue weighted by Gasteiger charge is 2.30. The summed E-state index contributed by atoms with van der Waals surface area (Å²) in [4.78, 5) is 74.9. The number of carbonyl (C=O) groups excluding carboxylic acids is 5. The molecule has 5 aliphatic rings. The zero-order valence-corrected chi connectivity index (χ0v) is 37.6. The minimum atomic E-state index is -0.0501. The maximum Gasteiger partial charge on any atom is 0.320 e. The van der Waals surface area contributed by atoms with Crippen LogP contribution in [0.1, 0.15) is 44.9 Å². The minimum absolute atomic E-state index is 0.0501. The summed E-state index contributed by atoms with van der Waals surface area (Å²) in [6.07, 6.45) is 7.23. The van der Waals surface area contributed by atoms with Gasteiger partial charge in [0.2, 0.25) is 0 Å². The molecule has 5 rings (SSSR count). The van der Waals surface area contributed by atoms with Gasteiger partial charge in [-0.1, -0.05) is 6.42 Å². The quantitative estimate of drug-likeness (QED) is 0.0430. The van der Waals surface area contributed by atoms with Crippen LogP contribution in [0.15, 0.2) is 0 Å². The molecule has 10 amide bonds. The Kier molecular flexibility index (Phi) is 27.8. The maximum atomic E-state index is 12.0. The fourth-order valence-electron chi connectivity index (χ4n) is 7.80. The Bertz CT molecular complexity index is 1230. The predicted octanol–water partition coefficient (Wildman–Crippen LogP) is -3.31. The summed E-state index contributed by atoms with van der Waals surface area (Å²) in [6, 6.07) is 0.539. The van der Waals surface area contributed by atoms with E-state index in [4.69, 9.17) is 45.9 Å². The van der Waals surface area contributed by atoms with Crippen LogP contribution in [0.4, 0.5) is 24.0 Å². The zero-order valence-electron chi connectivity index (χ0n) is 37.6. The van der Waals surface area contributed by atoms with Crippen molar-refractivity contribution in [1.82, 2.24) is 49.4 Å². The lowest BCUT2D eigenvalue weighted by atomic mass is 10.2.